The number of ether oxygens (including phenoxy) is 1. The van der Waals surface area contributed by atoms with Crippen molar-refractivity contribution in [1.82, 2.24) is 14.5 Å². The van der Waals surface area contributed by atoms with E-state index < -0.39 is 10.0 Å². The van der Waals surface area contributed by atoms with E-state index in [2.05, 4.69) is 17.6 Å². The maximum Gasteiger partial charge on any atom is 0.246 e. The molecule has 2 atom stereocenters. The second-order valence-corrected chi connectivity index (χ2v) is 10.6. The number of carbonyl (C=O) groups is 2. The number of methoxy groups -OCH3 is 1. The Bertz CT molecular complexity index is 904. The first-order chi connectivity index (χ1) is 15.1. The predicted octanol–water partition coefficient (Wildman–Crippen LogP) is 1.90. The molecule has 9 nitrogen and oxygen atoms in total. The van der Waals surface area contributed by atoms with Crippen LogP contribution in [0.4, 0.5) is 5.69 Å². The van der Waals surface area contributed by atoms with Crippen LogP contribution in [-0.2, 0) is 19.6 Å². The summed E-state index contributed by atoms with van der Waals surface area (Å²) >= 11 is 0. The third-order valence-corrected chi connectivity index (χ3v) is 7.40. The summed E-state index contributed by atoms with van der Waals surface area (Å²) in [6.45, 7) is 5.50. The second-order valence-electron chi connectivity index (χ2n) is 8.47. The highest BCUT2D eigenvalue weighted by atomic mass is 32.2. The highest BCUT2D eigenvalue weighted by Gasteiger charge is 2.28. The number of hydrogen-bond acceptors (Lipinski definition) is 6. The number of hydrogen-bond donors (Lipinski definition) is 2. The van der Waals surface area contributed by atoms with Crippen molar-refractivity contribution in [3.63, 3.8) is 0 Å². The highest BCUT2D eigenvalue weighted by molar-refractivity contribution is 7.89. The Hall–Kier alpha value is -2.17. The van der Waals surface area contributed by atoms with Crippen LogP contribution in [-0.4, -0.2) is 76.3 Å². The maximum atomic E-state index is 12.6. The van der Waals surface area contributed by atoms with Crippen molar-refractivity contribution in [2.24, 2.45) is 5.92 Å². The summed E-state index contributed by atoms with van der Waals surface area (Å²) in [7, 11) is 0.536. The number of piperidine rings is 1. The van der Waals surface area contributed by atoms with Crippen molar-refractivity contribution >= 4 is 27.5 Å². The zero-order chi connectivity index (χ0) is 23.9. The Balaban J connectivity index is 2.01. The summed E-state index contributed by atoms with van der Waals surface area (Å²) in [5, 5.41) is 5.83. The Kier molecular flexibility index (Phi) is 9.47. The summed E-state index contributed by atoms with van der Waals surface area (Å²) in [4.78, 5) is 27.1. The van der Waals surface area contributed by atoms with Gasteiger partial charge in [0, 0.05) is 32.4 Å². The number of likely N-dealkylation sites (tertiary alicyclic amines) is 1. The lowest BCUT2D eigenvalue weighted by Crippen LogP contribution is -2.47. The Labute approximate surface area is 191 Å². The van der Waals surface area contributed by atoms with Crippen LogP contribution in [0.15, 0.2) is 23.1 Å². The number of amides is 2. The van der Waals surface area contributed by atoms with Gasteiger partial charge >= 0.3 is 0 Å². The average Bonchev–Trinajstić information content (AvgIpc) is 2.73. The van der Waals surface area contributed by atoms with Gasteiger partial charge in [0.1, 0.15) is 10.6 Å². The summed E-state index contributed by atoms with van der Waals surface area (Å²) in [6, 6.07) is 4.67. The molecular formula is C22H36N4O5S. The molecule has 0 aromatic heterocycles. The van der Waals surface area contributed by atoms with Crippen molar-refractivity contribution in [3.8, 4) is 5.75 Å². The van der Waals surface area contributed by atoms with Crippen LogP contribution in [0.2, 0.25) is 0 Å². The molecule has 0 aliphatic carbocycles. The van der Waals surface area contributed by atoms with E-state index in [-0.39, 0.29) is 41.0 Å². The van der Waals surface area contributed by atoms with Crippen LogP contribution < -0.4 is 15.4 Å². The molecule has 0 spiro atoms. The van der Waals surface area contributed by atoms with Gasteiger partial charge in [-0.3, -0.25) is 14.5 Å². The van der Waals surface area contributed by atoms with Crippen molar-refractivity contribution in [2.75, 3.05) is 46.2 Å². The Morgan fingerprint density at radius 1 is 1.31 bits per heavy atom. The minimum Gasteiger partial charge on any atom is -0.495 e. The predicted molar refractivity (Wildman–Crippen MR) is 124 cm³/mol. The molecule has 1 saturated heterocycles. The van der Waals surface area contributed by atoms with E-state index >= 15 is 0 Å². The minimum atomic E-state index is -3.73. The zero-order valence-corrected chi connectivity index (χ0v) is 20.5. The van der Waals surface area contributed by atoms with Crippen LogP contribution in [0.25, 0.3) is 0 Å². The quantitative estimate of drug-likeness (QED) is 0.543. The van der Waals surface area contributed by atoms with Crippen molar-refractivity contribution < 1.29 is 22.7 Å². The highest BCUT2D eigenvalue weighted by Crippen LogP contribution is 2.29. The monoisotopic (exact) mass is 468 g/mol. The van der Waals surface area contributed by atoms with Crippen molar-refractivity contribution in [3.05, 3.63) is 18.2 Å². The molecule has 1 fully saturated rings. The van der Waals surface area contributed by atoms with E-state index in [4.69, 9.17) is 4.74 Å². The lowest BCUT2D eigenvalue weighted by atomic mass is 9.96. The molecule has 2 rings (SSSR count). The molecule has 1 aromatic carbocycles. The topological polar surface area (TPSA) is 108 Å². The first-order valence-corrected chi connectivity index (χ1v) is 12.5. The fourth-order valence-electron chi connectivity index (χ4n) is 3.84. The molecule has 2 unspecified atom stereocenters. The van der Waals surface area contributed by atoms with Gasteiger partial charge in [0.25, 0.3) is 0 Å². The zero-order valence-electron chi connectivity index (χ0n) is 19.7. The number of nitrogens with one attached hydrogen (secondary N) is 2. The largest absolute Gasteiger partial charge is 0.495 e. The average molecular weight is 469 g/mol. The van der Waals surface area contributed by atoms with Crippen LogP contribution in [0.5, 0.6) is 5.75 Å². The second kappa shape index (κ2) is 11.6. The molecule has 1 aromatic rings. The lowest BCUT2D eigenvalue weighted by Gasteiger charge is -2.32. The van der Waals surface area contributed by atoms with Crippen molar-refractivity contribution in [2.45, 2.75) is 50.5 Å². The van der Waals surface area contributed by atoms with Crippen LogP contribution in [0, 0.1) is 5.92 Å². The van der Waals surface area contributed by atoms with E-state index in [0.717, 1.165) is 36.5 Å². The Morgan fingerprint density at radius 2 is 2.03 bits per heavy atom. The van der Waals surface area contributed by atoms with Gasteiger partial charge in [-0.25, -0.2) is 12.7 Å². The Morgan fingerprint density at radius 3 is 2.66 bits per heavy atom. The summed E-state index contributed by atoms with van der Waals surface area (Å²) in [5.74, 6) is -0.138. The van der Waals surface area contributed by atoms with Gasteiger partial charge in [0.05, 0.1) is 19.6 Å². The standard InChI is InChI=1S/C22H36N4O5S/c1-6-8-16(2)23-22(28)17-9-7-12-26(14-17)15-21(27)24-18-10-11-19(31-5)20(13-18)32(29,30)25(3)4/h10-11,13,16-17H,6-9,12,14-15H2,1-5H3,(H,23,28)(H,24,27). The van der Waals surface area contributed by atoms with Crippen LogP contribution in [0.3, 0.4) is 0 Å². The lowest BCUT2D eigenvalue weighted by molar-refractivity contribution is -0.128. The fourth-order valence-corrected chi connectivity index (χ4v) is 4.91. The van der Waals surface area contributed by atoms with E-state index in [1.807, 2.05) is 11.8 Å². The summed E-state index contributed by atoms with van der Waals surface area (Å²) < 4.78 is 31.4. The normalized spacial score (nSPS) is 18.2. The van der Waals surface area contributed by atoms with E-state index in [1.54, 1.807) is 6.07 Å². The molecule has 0 bridgehead atoms. The number of nitrogens with zero attached hydrogens (tertiary/aromatic N) is 2. The molecule has 2 N–H and O–H groups in total. The molecule has 2 amide bonds. The van der Waals surface area contributed by atoms with Crippen LogP contribution >= 0.6 is 0 Å². The minimum absolute atomic E-state index is 0.0151. The van der Waals surface area contributed by atoms with Gasteiger partial charge in [-0.2, -0.15) is 0 Å². The van der Waals surface area contributed by atoms with E-state index in [9.17, 15) is 18.0 Å². The smallest absolute Gasteiger partial charge is 0.246 e. The fraction of sp³-hybridized carbons (Fsp3) is 0.636. The molecule has 10 heteroatoms. The van der Waals surface area contributed by atoms with Gasteiger partial charge in [-0.05, 0) is 50.9 Å². The molecule has 180 valence electrons. The maximum absolute atomic E-state index is 12.6. The number of rotatable bonds is 10. The summed E-state index contributed by atoms with van der Waals surface area (Å²) in [6.07, 6.45) is 3.62. The number of benzene rings is 1. The SMILES string of the molecule is CCCC(C)NC(=O)C1CCCN(CC(=O)Nc2ccc(OC)c(S(=O)(=O)N(C)C)c2)C1. The first-order valence-electron chi connectivity index (χ1n) is 11.0. The molecule has 1 aliphatic rings. The molecule has 0 radical (unpaired) electrons. The van der Waals surface area contributed by atoms with Gasteiger partial charge < -0.3 is 15.4 Å². The summed E-state index contributed by atoms with van der Waals surface area (Å²) in [5.41, 5.74) is 0.371. The number of sulfonamides is 1. The molecule has 32 heavy (non-hydrogen) atoms. The molecule has 0 saturated carbocycles. The van der Waals surface area contributed by atoms with Gasteiger partial charge in [-0.15, -0.1) is 0 Å². The van der Waals surface area contributed by atoms with Gasteiger partial charge in [0.2, 0.25) is 21.8 Å². The van der Waals surface area contributed by atoms with Crippen molar-refractivity contribution in [1.29, 1.82) is 0 Å². The third kappa shape index (κ3) is 6.91. The third-order valence-electron chi connectivity index (χ3n) is 5.56. The molecule has 1 heterocycles. The number of anilines is 1. The van der Waals surface area contributed by atoms with E-state index in [0.29, 0.717) is 12.2 Å². The molecular weight excluding hydrogens is 432 g/mol. The first kappa shape index (κ1) is 26.1. The van der Waals surface area contributed by atoms with Crippen LogP contribution in [0.1, 0.15) is 39.5 Å². The molecule has 1 aliphatic heterocycles. The number of carbonyl (C=O) groups excluding carboxylic acids is 2. The van der Waals surface area contributed by atoms with E-state index in [1.165, 1.54) is 33.3 Å². The van der Waals surface area contributed by atoms with Gasteiger partial charge in [-0.1, -0.05) is 13.3 Å². The van der Waals surface area contributed by atoms with Gasteiger partial charge in [0.15, 0.2) is 0 Å².